The lowest BCUT2D eigenvalue weighted by Crippen LogP contribution is -2.05. The van der Waals surface area contributed by atoms with Gasteiger partial charge < -0.3 is 16.2 Å². The van der Waals surface area contributed by atoms with Gasteiger partial charge >= 0.3 is 6.01 Å². The van der Waals surface area contributed by atoms with Crippen LogP contribution in [0.5, 0.6) is 11.8 Å². The second-order valence-corrected chi connectivity index (χ2v) is 7.07. The Morgan fingerprint density at radius 3 is 2.48 bits per heavy atom. The molecular weight excluding hydrogens is 423 g/mol. The fraction of sp³-hybridized carbons (Fsp3) is 0.0417. The number of amides is 1. The zero-order chi connectivity index (χ0) is 23.4. The molecular formula is C24H19FN6O2. The van der Waals surface area contributed by atoms with Crippen LogP contribution in [-0.2, 0) is 4.79 Å². The number of halogens is 1. The van der Waals surface area contributed by atoms with E-state index in [1.807, 2.05) is 12.1 Å². The van der Waals surface area contributed by atoms with Crippen LogP contribution in [0.15, 0.2) is 67.1 Å². The van der Waals surface area contributed by atoms with Gasteiger partial charge in [0.1, 0.15) is 12.1 Å². The van der Waals surface area contributed by atoms with Gasteiger partial charge in [0, 0.05) is 23.5 Å². The number of nitrogens with zero attached hydrogens (tertiary/aromatic N) is 4. The quantitative estimate of drug-likeness (QED) is 0.433. The number of anilines is 1. The third-order valence-corrected chi connectivity index (χ3v) is 4.70. The van der Waals surface area contributed by atoms with E-state index in [0.29, 0.717) is 22.5 Å². The van der Waals surface area contributed by atoms with Gasteiger partial charge in [0.15, 0.2) is 11.6 Å². The predicted molar refractivity (Wildman–Crippen MR) is 122 cm³/mol. The van der Waals surface area contributed by atoms with Crippen molar-refractivity contribution in [3.63, 3.8) is 0 Å². The SMILES string of the molecule is Cc1ccnc(Oc2ccc(-c3c(N)ncnc3-c3ccc(C=CC(N)=O)cc3)cc2F)n1. The van der Waals surface area contributed by atoms with E-state index in [4.69, 9.17) is 16.2 Å². The lowest BCUT2D eigenvalue weighted by Gasteiger charge is -2.13. The largest absolute Gasteiger partial charge is 0.421 e. The Morgan fingerprint density at radius 2 is 1.79 bits per heavy atom. The summed E-state index contributed by atoms with van der Waals surface area (Å²) in [4.78, 5) is 27.5. The minimum atomic E-state index is -0.612. The van der Waals surface area contributed by atoms with Gasteiger partial charge in [-0.2, -0.15) is 0 Å². The molecule has 8 nitrogen and oxygen atoms in total. The van der Waals surface area contributed by atoms with E-state index in [-0.39, 0.29) is 17.6 Å². The Labute approximate surface area is 188 Å². The van der Waals surface area contributed by atoms with E-state index in [9.17, 15) is 9.18 Å². The van der Waals surface area contributed by atoms with Crippen LogP contribution in [0.2, 0.25) is 0 Å². The molecule has 0 spiro atoms. The number of hydrogen-bond acceptors (Lipinski definition) is 7. The number of rotatable bonds is 6. The molecule has 0 saturated carbocycles. The van der Waals surface area contributed by atoms with Gasteiger partial charge in [0.05, 0.1) is 11.3 Å². The van der Waals surface area contributed by atoms with Crippen molar-refractivity contribution in [3.05, 3.63) is 84.2 Å². The van der Waals surface area contributed by atoms with Crippen molar-refractivity contribution < 1.29 is 13.9 Å². The number of nitrogens with two attached hydrogens (primary N) is 2. The number of ether oxygens (including phenoxy) is 1. The van der Waals surface area contributed by atoms with Crippen molar-refractivity contribution in [2.75, 3.05) is 5.73 Å². The zero-order valence-corrected chi connectivity index (χ0v) is 17.6. The summed E-state index contributed by atoms with van der Waals surface area (Å²) in [6, 6.07) is 13.4. The van der Waals surface area contributed by atoms with Crippen molar-refractivity contribution in [2.24, 2.45) is 5.73 Å². The zero-order valence-electron chi connectivity index (χ0n) is 17.6. The molecule has 4 aromatic rings. The monoisotopic (exact) mass is 442 g/mol. The highest BCUT2D eigenvalue weighted by molar-refractivity contribution is 5.91. The van der Waals surface area contributed by atoms with Crippen LogP contribution < -0.4 is 16.2 Å². The average molecular weight is 442 g/mol. The fourth-order valence-corrected chi connectivity index (χ4v) is 3.15. The van der Waals surface area contributed by atoms with Gasteiger partial charge in [-0.3, -0.25) is 4.79 Å². The van der Waals surface area contributed by atoms with Crippen molar-refractivity contribution in [3.8, 4) is 34.1 Å². The molecule has 164 valence electrons. The number of benzene rings is 2. The first-order valence-electron chi connectivity index (χ1n) is 9.86. The highest BCUT2D eigenvalue weighted by atomic mass is 19.1. The van der Waals surface area contributed by atoms with Crippen LogP contribution in [0.25, 0.3) is 28.5 Å². The molecule has 2 aromatic heterocycles. The fourth-order valence-electron chi connectivity index (χ4n) is 3.15. The minimum Gasteiger partial charge on any atom is -0.421 e. The summed E-state index contributed by atoms with van der Waals surface area (Å²) in [7, 11) is 0. The summed E-state index contributed by atoms with van der Waals surface area (Å²) in [6.45, 7) is 1.79. The molecule has 1 amide bonds. The van der Waals surface area contributed by atoms with Crippen molar-refractivity contribution in [1.29, 1.82) is 0 Å². The summed E-state index contributed by atoms with van der Waals surface area (Å²) >= 11 is 0. The molecule has 0 aliphatic carbocycles. The number of nitrogen functional groups attached to an aromatic ring is 1. The third kappa shape index (κ3) is 4.99. The van der Waals surface area contributed by atoms with E-state index in [2.05, 4.69) is 19.9 Å². The normalized spacial score (nSPS) is 11.0. The van der Waals surface area contributed by atoms with E-state index < -0.39 is 11.7 Å². The summed E-state index contributed by atoms with van der Waals surface area (Å²) < 4.78 is 20.4. The molecule has 2 heterocycles. The van der Waals surface area contributed by atoms with Gasteiger partial charge in [-0.05, 0) is 42.3 Å². The second kappa shape index (κ2) is 9.23. The van der Waals surface area contributed by atoms with Crippen LogP contribution in [0, 0.1) is 12.7 Å². The van der Waals surface area contributed by atoms with E-state index in [0.717, 1.165) is 11.1 Å². The Balaban J connectivity index is 1.68. The van der Waals surface area contributed by atoms with E-state index in [1.54, 1.807) is 37.3 Å². The molecule has 0 radical (unpaired) electrons. The first kappa shape index (κ1) is 21.6. The molecule has 4 rings (SSSR count). The number of primary amides is 1. The predicted octanol–water partition coefficient (Wildman–Crippen LogP) is 3.92. The van der Waals surface area contributed by atoms with Crippen molar-refractivity contribution in [1.82, 2.24) is 19.9 Å². The Kier molecular flexibility index (Phi) is 6.03. The van der Waals surface area contributed by atoms with Crippen LogP contribution >= 0.6 is 0 Å². The highest BCUT2D eigenvalue weighted by Crippen LogP contribution is 2.36. The Hall–Kier alpha value is -4.66. The van der Waals surface area contributed by atoms with Crippen molar-refractivity contribution >= 4 is 17.8 Å². The molecule has 0 aliphatic heterocycles. The lowest BCUT2D eigenvalue weighted by molar-refractivity contribution is -0.113. The maximum Gasteiger partial charge on any atom is 0.322 e. The molecule has 0 bridgehead atoms. The first-order valence-corrected chi connectivity index (χ1v) is 9.86. The summed E-state index contributed by atoms with van der Waals surface area (Å²) in [5.74, 6) is -0.966. The standard InChI is InChI=1S/C24H19FN6O2/c1-14-10-11-28-24(31-14)33-19-8-7-17(12-18(19)25)21-22(29-13-30-23(21)27)16-5-2-15(3-6-16)4-9-20(26)32/h2-13H,1H3,(H2,26,32)(H2,27,29,30). The molecule has 0 saturated heterocycles. The number of hydrogen-bond donors (Lipinski definition) is 2. The Bertz CT molecular complexity index is 1360. The van der Waals surface area contributed by atoms with Gasteiger partial charge in [-0.15, -0.1) is 0 Å². The van der Waals surface area contributed by atoms with Gasteiger partial charge in [-0.25, -0.2) is 24.3 Å². The number of aromatic nitrogens is 4. The molecule has 4 N–H and O–H groups in total. The van der Waals surface area contributed by atoms with Crippen LogP contribution in [-0.4, -0.2) is 25.8 Å². The maximum atomic E-state index is 14.9. The van der Waals surface area contributed by atoms with Crippen molar-refractivity contribution in [2.45, 2.75) is 6.92 Å². The number of carbonyl (C=O) groups excluding carboxylic acids is 1. The summed E-state index contributed by atoms with van der Waals surface area (Å²) in [5, 5.41) is 0. The molecule has 0 unspecified atom stereocenters. The highest BCUT2D eigenvalue weighted by Gasteiger charge is 2.16. The second-order valence-electron chi connectivity index (χ2n) is 7.07. The van der Waals surface area contributed by atoms with Crippen LogP contribution in [0.3, 0.4) is 0 Å². The van der Waals surface area contributed by atoms with E-state index >= 15 is 0 Å². The summed E-state index contributed by atoms with van der Waals surface area (Å²) in [6.07, 6.45) is 5.76. The van der Waals surface area contributed by atoms with Gasteiger partial charge in [0.2, 0.25) is 5.91 Å². The number of aryl methyl sites for hydroxylation is 1. The molecule has 33 heavy (non-hydrogen) atoms. The Morgan fingerprint density at radius 1 is 1.03 bits per heavy atom. The molecule has 0 fully saturated rings. The van der Waals surface area contributed by atoms with Gasteiger partial charge in [-0.1, -0.05) is 30.3 Å². The third-order valence-electron chi connectivity index (χ3n) is 4.70. The maximum absolute atomic E-state index is 14.9. The number of carbonyl (C=O) groups is 1. The van der Waals surface area contributed by atoms with Crippen LogP contribution in [0.1, 0.15) is 11.3 Å². The van der Waals surface area contributed by atoms with Crippen LogP contribution in [0.4, 0.5) is 10.2 Å². The molecule has 0 atom stereocenters. The van der Waals surface area contributed by atoms with E-state index in [1.165, 1.54) is 30.7 Å². The smallest absolute Gasteiger partial charge is 0.322 e. The topological polar surface area (TPSA) is 130 Å². The minimum absolute atomic E-state index is 0.0214. The molecule has 0 aliphatic rings. The first-order chi connectivity index (χ1) is 15.9. The molecule has 9 heteroatoms. The lowest BCUT2D eigenvalue weighted by atomic mass is 9.98. The summed E-state index contributed by atoms with van der Waals surface area (Å²) in [5.41, 5.74) is 15.0. The van der Waals surface area contributed by atoms with Gasteiger partial charge in [0.25, 0.3) is 0 Å². The molecule has 2 aromatic carbocycles. The average Bonchev–Trinajstić information content (AvgIpc) is 2.79.